The highest BCUT2D eigenvalue weighted by molar-refractivity contribution is 5.36. The summed E-state index contributed by atoms with van der Waals surface area (Å²) >= 11 is 0. The first kappa shape index (κ1) is 14.2. The van der Waals surface area contributed by atoms with Gasteiger partial charge in [-0.25, -0.2) is 13.8 Å². The second kappa shape index (κ2) is 5.39. The van der Waals surface area contributed by atoms with E-state index in [1.54, 1.807) is 0 Å². The summed E-state index contributed by atoms with van der Waals surface area (Å²) in [5.74, 6) is -0.751. The molecule has 2 aromatic rings. The largest absolute Gasteiger partial charge is 0.417 e. The quantitative estimate of drug-likeness (QED) is 0.878. The number of pyridine rings is 1. The van der Waals surface area contributed by atoms with E-state index >= 15 is 0 Å². The topological polar surface area (TPSA) is 63.8 Å². The van der Waals surface area contributed by atoms with Crippen LogP contribution in [0.5, 0.6) is 0 Å². The van der Waals surface area contributed by atoms with Crippen LogP contribution in [0.4, 0.5) is 27.8 Å². The minimum absolute atomic E-state index is 0.120. The van der Waals surface area contributed by atoms with E-state index in [9.17, 15) is 22.0 Å². The van der Waals surface area contributed by atoms with Gasteiger partial charge in [0.1, 0.15) is 5.82 Å². The number of rotatable bonds is 4. The molecule has 0 saturated heterocycles. The van der Waals surface area contributed by atoms with Crippen LogP contribution in [0, 0.1) is 0 Å². The van der Waals surface area contributed by atoms with E-state index in [0.29, 0.717) is 6.20 Å². The number of halogens is 5. The van der Waals surface area contributed by atoms with Gasteiger partial charge in [0.15, 0.2) is 0 Å². The van der Waals surface area contributed by atoms with Crippen molar-refractivity contribution in [3.63, 3.8) is 0 Å². The van der Waals surface area contributed by atoms with Gasteiger partial charge in [0.05, 0.1) is 12.1 Å². The fraction of sp³-hybridized carbons (Fsp3) is 0.300. The molecule has 0 amide bonds. The molecule has 0 radical (unpaired) electrons. The standard InChI is InChI=1S/C10H7F5N4O/c11-8(12)9-18-7(20-19-9)4-17-6-2-1-5(3-16-6)10(13,14)15/h1-3,8H,4H2,(H,16,17). The van der Waals surface area contributed by atoms with Gasteiger partial charge in [-0.2, -0.15) is 18.2 Å². The van der Waals surface area contributed by atoms with Crippen molar-refractivity contribution in [2.24, 2.45) is 0 Å². The smallest absolute Gasteiger partial charge is 0.361 e. The highest BCUT2D eigenvalue weighted by Crippen LogP contribution is 2.28. The van der Waals surface area contributed by atoms with Crippen LogP contribution < -0.4 is 5.32 Å². The molecule has 0 spiro atoms. The van der Waals surface area contributed by atoms with E-state index in [1.165, 1.54) is 0 Å². The third-order valence-electron chi connectivity index (χ3n) is 2.19. The highest BCUT2D eigenvalue weighted by atomic mass is 19.4. The van der Waals surface area contributed by atoms with E-state index in [0.717, 1.165) is 12.1 Å². The lowest BCUT2D eigenvalue weighted by molar-refractivity contribution is -0.137. The van der Waals surface area contributed by atoms with Gasteiger partial charge in [-0.15, -0.1) is 0 Å². The van der Waals surface area contributed by atoms with Crippen LogP contribution in [0.25, 0.3) is 0 Å². The zero-order valence-electron chi connectivity index (χ0n) is 9.66. The lowest BCUT2D eigenvalue weighted by atomic mass is 10.3. The summed E-state index contributed by atoms with van der Waals surface area (Å²) in [6, 6.07) is 1.95. The first-order valence-electron chi connectivity index (χ1n) is 5.24. The van der Waals surface area contributed by atoms with Gasteiger partial charge in [0.2, 0.25) is 11.7 Å². The summed E-state index contributed by atoms with van der Waals surface area (Å²) in [5, 5.41) is 5.60. The van der Waals surface area contributed by atoms with E-state index in [2.05, 4.69) is 25.0 Å². The number of aromatic nitrogens is 3. The Balaban J connectivity index is 1.97. The molecule has 0 atom stereocenters. The van der Waals surface area contributed by atoms with Gasteiger partial charge in [-0.3, -0.25) is 0 Å². The normalized spacial score (nSPS) is 11.9. The minimum Gasteiger partial charge on any atom is -0.361 e. The molecule has 0 aromatic carbocycles. The van der Waals surface area contributed by atoms with Crippen LogP contribution in [-0.2, 0) is 12.7 Å². The summed E-state index contributed by atoms with van der Waals surface area (Å²) in [6.07, 6.45) is -6.66. The van der Waals surface area contributed by atoms with Crippen molar-refractivity contribution < 1.29 is 26.5 Å². The summed E-state index contributed by atoms with van der Waals surface area (Å²) in [7, 11) is 0. The zero-order valence-corrected chi connectivity index (χ0v) is 9.66. The molecule has 0 bridgehead atoms. The molecule has 0 aliphatic rings. The van der Waals surface area contributed by atoms with Crippen molar-refractivity contribution in [2.45, 2.75) is 19.1 Å². The van der Waals surface area contributed by atoms with Crippen LogP contribution in [0.1, 0.15) is 23.7 Å². The lowest BCUT2D eigenvalue weighted by Crippen LogP contribution is -2.07. The SMILES string of the molecule is FC(F)c1noc(CNc2ccc(C(F)(F)F)cn2)n1. The molecule has 0 aliphatic carbocycles. The molecule has 0 saturated carbocycles. The monoisotopic (exact) mass is 294 g/mol. The number of nitrogens with zero attached hydrogens (tertiary/aromatic N) is 3. The Morgan fingerprint density at radius 1 is 1.25 bits per heavy atom. The maximum atomic E-state index is 12.3. The predicted octanol–water partition coefficient (Wildman–Crippen LogP) is 3.03. The lowest BCUT2D eigenvalue weighted by Gasteiger charge is -2.07. The van der Waals surface area contributed by atoms with Crippen molar-refractivity contribution in [1.82, 2.24) is 15.1 Å². The summed E-state index contributed by atoms with van der Waals surface area (Å²) < 4.78 is 65.7. The Bertz CT molecular complexity index is 566. The molecular weight excluding hydrogens is 287 g/mol. The molecule has 2 aromatic heterocycles. The van der Waals surface area contributed by atoms with Gasteiger partial charge in [-0.05, 0) is 12.1 Å². The van der Waals surface area contributed by atoms with Crippen molar-refractivity contribution in [3.05, 3.63) is 35.6 Å². The molecule has 0 unspecified atom stereocenters. The van der Waals surface area contributed by atoms with Gasteiger partial charge >= 0.3 is 12.6 Å². The second-order valence-corrected chi connectivity index (χ2v) is 3.63. The van der Waals surface area contributed by atoms with Gasteiger partial charge in [0.25, 0.3) is 0 Å². The van der Waals surface area contributed by atoms with Crippen molar-refractivity contribution in [3.8, 4) is 0 Å². The second-order valence-electron chi connectivity index (χ2n) is 3.63. The summed E-state index contributed by atoms with van der Waals surface area (Å²) in [5.41, 5.74) is -0.888. The highest BCUT2D eigenvalue weighted by Gasteiger charge is 2.30. The maximum Gasteiger partial charge on any atom is 0.417 e. The minimum atomic E-state index is -4.47. The molecule has 108 valence electrons. The number of alkyl halides is 5. The number of nitrogens with one attached hydrogen (secondary N) is 1. The molecule has 20 heavy (non-hydrogen) atoms. The third kappa shape index (κ3) is 3.39. The van der Waals surface area contributed by atoms with Crippen molar-refractivity contribution >= 4 is 5.82 Å². The van der Waals surface area contributed by atoms with Crippen LogP contribution in [0.3, 0.4) is 0 Å². The van der Waals surface area contributed by atoms with Crippen LogP contribution in [0.15, 0.2) is 22.9 Å². The van der Waals surface area contributed by atoms with Gasteiger partial charge in [0, 0.05) is 6.20 Å². The van der Waals surface area contributed by atoms with Crippen LogP contribution >= 0.6 is 0 Å². The summed E-state index contributed by atoms with van der Waals surface area (Å²) in [6.45, 7) is -0.127. The molecule has 5 nitrogen and oxygen atoms in total. The van der Waals surface area contributed by atoms with Gasteiger partial charge in [-0.1, -0.05) is 5.16 Å². The maximum absolute atomic E-state index is 12.3. The molecule has 1 N–H and O–H groups in total. The Hall–Kier alpha value is -2.26. The first-order valence-corrected chi connectivity index (χ1v) is 5.24. The predicted molar refractivity (Wildman–Crippen MR) is 55.8 cm³/mol. The van der Waals surface area contributed by atoms with Crippen molar-refractivity contribution in [2.75, 3.05) is 5.32 Å². The fourth-order valence-corrected chi connectivity index (χ4v) is 1.26. The van der Waals surface area contributed by atoms with E-state index in [4.69, 9.17) is 0 Å². The molecule has 2 rings (SSSR count). The van der Waals surface area contributed by atoms with Crippen molar-refractivity contribution in [1.29, 1.82) is 0 Å². The average molecular weight is 294 g/mol. The van der Waals surface area contributed by atoms with E-state index in [1.807, 2.05) is 0 Å². The van der Waals surface area contributed by atoms with E-state index < -0.39 is 24.0 Å². The Morgan fingerprint density at radius 2 is 2.00 bits per heavy atom. The summed E-state index contributed by atoms with van der Waals surface area (Å²) in [4.78, 5) is 6.92. The molecular formula is C10H7F5N4O. The number of anilines is 1. The number of hydrogen-bond acceptors (Lipinski definition) is 5. The average Bonchev–Trinajstić information content (AvgIpc) is 2.85. The third-order valence-corrected chi connectivity index (χ3v) is 2.19. The fourth-order valence-electron chi connectivity index (χ4n) is 1.26. The van der Waals surface area contributed by atoms with Gasteiger partial charge < -0.3 is 9.84 Å². The first-order chi connectivity index (χ1) is 9.36. The molecule has 2 heterocycles. The molecule has 10 heteroatoms. The Morgan fingerprint density at radius 3 is 2.50 bits per heavy atom. The van der Waals surface area contributed by atoms with Crippen LogP contribution in [-0.4, -0.2) is 15.1 Å². The Labute approximate surface area is 108 Å². The molecule has 0 fully saturated rings. The zero-order chi connectivity index (χ0) is 14.8. The Kier molecular flexibility index (Phi) is 3.81. The number of hydrogen-bond donors (Lipinski definition) is 1. The molecule has 0 aliphatic heterocycles. The van der Waals surface area contributed by atoms with E-state index in [-0.39, 0.29) is 18.3 Å². The van der Waals surface area contributed by atoms with Crippen LogP contribution in [0.2, 0.25) is 0 Å².